The van der Waals surface area contributed by atoms with Crippen molar-refractivity contribution in [2.75, 3.05) is 13.7 Å². The summed E-state index contributed by atoms with van der Waals surface area (Å²) in [5, 5.41) is 14.2. The van der Waals surface area contributed by atoms with Crippen LogP contribution in [0.1, 0.15) is 36.1 Å². The van der Waals surface area contributed by atoms with Gasteiger partial charge in [0.1, 0.15) is 11.4 Å². The van der Waals surface area contributed by atoms with Crippen molar-refractivity contribution in [2.24, 2.45) is 0 Å². The van der Waals surface area contributed by atoms with Crippen LogP contribution in [0.5, 0.6) is 11.5 Å². The van der Waals surface area contributed by atoms with Gasteiger partial charge in [-0.25, -0.2) is 4.98 Å². The number of nitrogens with one attached hydrogen (secondary N) is 2. The van der Waals surface area contributed by atoms with E-state index in [4.69, 9.17) is 9.47 Å². The molecule has 3 aromatic rings. The standard InChI is InChI=1S/C19H20N4O5/c1-4-28-17-9-12(15(23(25)26)10-16(17)27-3)19(24)20-11(2)18-21-13-7-5-6-8-14(13)22-18/h5-11H,4H2,1-3H3,(H,20,24)(H,21,22). The van der Waals surface area contributed by atoms with Crippen molar-refractivity contribution in [3.63, 3.8) is 0 Å². The Bertz CT molecular complexity index is 997. The summed E-state index contributed by atoms with van der Waals surface area (Å²) < 4.78 is 10.6. The predicted molar refractivity (Wildman–Crippen MR) is 103 cm³/mol. The lowest BCUT2D eigenvalue weighted by Crippen LogP contribution is -2.28. The molecule has 146 valence electrons. The minimum Gasteiger partial charge on any atom is -0.493 e. The molecule has 0 spiro atoms. The number of carbonyl (C=O) groups is 1. The SMILES string of the molecule is CCOc1cc(C(=O)NC(C)c2nc3ccccc3[nH]2)c([N+](=O)[O-])cc1OC. The van der Waals surface area contributed by atoms with Crippen molar-refractivity contribution in [3.8, 4) is 11.5 Å². The zero-order chi connectivity index (χ0) is 20.3. The number of ether oxygens (including phenoxy) is 2. The highest BCUT2D eigenvalue weighted by atomic mass is 16.6. The fraction of sp³-hybridized carbons (Fsp3) is 0.263. The molecule has 0 aliphatic rings. The number of benzene rings is 2. The van der Waals surface area contributed by atoms with Crippen molar-refractivity contribution in [2.45, 2.75) is 19.9 Å². The lowest BCUT2D eigenvalue weighted by Gasteiger charge is -2.14. The number of amides is 1. The van der Waals surface area contributed by atoms with Crippen molar-refractivity contribution >= 4 is 22.6 Å². The van der Waals surface area contributed by atoms with Gasteiger partial charge in [-0.1, -0.05) is 12.1 Å². The number of aromatic nitrogens is 2. The van der Waals surface area contributed by atoms with Crippen LogP contribution in [0, 0.1) is 10.1 Å². The van der Waals surface area contributed by atoms with E-state index in [-0.39, 0.29) is 22.7 Å². The summed E-state index contributed by atoms with van der Waals surface area (Å²) in [6.45, 7) is 3.84. The minimum atomic E-state index is -0.626. The number of para-hydroxylation sites is 2. The van der Waals surface area contributed by atoms with Crippen LogP contribution < -0.4 is 14.8 Å². The van der Waals surface area contributed by atoms with Crippen molar-refractivity contribution < 1.29 is 19.2 Å². The van der Waals surface area contributed by atoms with E-state index in [0.717, 1.165) is 11.0 Å². The Hall–Kier alpha value is -3.62. The van der Waals surface area contributed by atoms with Gasteiger partial charge in [0.2, 0.25) is 0 Å². The van der Waals surface area contributed by atoms with Crippen LogP contribution in [-0.4, -0.2) is 34.5 Å². The van der Waals surface area contributed by atoms with Gasteiger partial charge in [0, 0.05) is 6.07 Å². The van der Waals surface area contributed by atoms with E-state index in [1.165, 1.54) is 19.2 Å². The highest BCUT2D eigenvalue weighted by Crippen LogP contribution is 2.35. The third kappa shape index (κ3) is 3.73. The Kier molecular flexibility index (Phi) is 5.44. The summed E-state index contributed by atoms with van der Waals surface area (Å²) in [7, 11) is 1.38. The first-order chi connectivity index (χ1) is 13.4. The van der Waals surface area contributed by atoms with Gasteiger partial charge in [0.05, 0.1) is 41.8 Å². The number of aromatic amines is 1. The smallest absolute Gasteiger partial charge is 0.286 e. The highest BCUT2D eigenvalue weighted by Gasteiger charge is 2.26. The number of nitro benzene ring substituents is 1. The van der Waals surface area contributed by atoms with Gasteiger partial charge in [-0.3, -0.25) is 14.9 Å². The maximum Gasteiger partial charge on any atom is 0.286 e. The lowest BCUT2D eigenvalue weighted by molar-refractivity contribution is -0.385. The normalized spacial score (nSPS) is 11.8. The number of imidazole rings is 1. The number of nitrogens with zero attached hydrogens (tertiary/aromatic N) is 2. The molecular weight excluding hydrogens is 364 g/mol. The van der Waals surface area contributed by atoms with Crippen molar-refractivity contribution in [1.29, 1.82) is 0 Å². The summed E-state index contributed by atoms with van der Waals surface area (Å²) >= 11 is 0. The van der Waals surface area contributed by atoms with E-state index < -0.39 is 16.9 Å². The fourth-order valence-corrected chi connectivity index (χ4v) is 2.83. The quantitative estimate of drug-likeness (QED) is 0.476. The highest BCUT2D eigenvalue weighted by molar-refractivity contribution is 5.99. The number of fused-ring (bicyclic) bond motifs is 1. The van der Waals surface area contributed by atoms with E-state index in [2.05, 4.69) is 15.3 Å². The largest absolute Gasteiger partial charge is 0.493 e. The predicted octanol–water partition coefficient (Wildman–Crippen LogP) is 3.37. The molecule has 0 aliphatic carbocycles. The average molecular weight is 384 g/mol. The van der Waals surface area contributed by atoms with Gasteiger partial charge in [-0.2, -0.15) is 0 Å². The minimum absolute atomic E-state index is 0.114. The average Bonchev–Trinajstić information content (AvgIpc) is 3.12. The van der Waals surface area contributed by atoms with Crippen LogP contribution in [0.3, 0.4) is 0 Å². The van der Waals surface area contributed by atoms with Crippen molar-refractivity contribution in [3.05, 3.63) is 57.9 Å². The molecule has 1 atom stereocenters. The Morgan fingerprint density at radius 2 is 2.07 bits per heavy atom. The van der Waals surface area contributed by atoms with Gasteiger partial charge in [-0.05, 0) is 26.0 Å². The number of carbonyl (C=O) groups excluding carboxylic acids is 1. The molecule has 2 N–H and O–H groups in total. The number of methoxy groups -OCH3 is 1. The summed E-state index contributed by atoms with van der Waals surface area (Å²) in [5.41, 5.74) is 1.13. The molecule has 9 nitrogen and oxygen atoms in total. The molecule has 0 fully saturated rings. The first-order valence-electron chi connectivity index (χ1n) is 8.69. The van der Waals surface area contributed by atoms with Crippen molar-refractivity contribution in [1.82, 2.24) is 15.3 Å². The van der Waals surface area contributed by atoms with Crippen LogP contribution >= 0.6 is 0 Å². The van der Waals surface area contributed by atoms with Gasteiger partial charge in [-0.15, -0.1) is 0 Å². The Morgan fingerprint density at radius 1 is 1.32 bits per heavy atom. The second-order valence-electron chi connectivity index (χ2n) is 6.04. The monoisotopic (exact) mass is 384 g/mol. The van der Waals surface area contributed by atoms with Crippen LogP contribution in [0.15, 0.2) is 36.4 Å². The van der Waals surface area contributed by atoms with E-state index in [1.54, 1.807) is 13.8 Å². The molecule has 1 unspecified atom stereocenters. The number of hydrogen-bond donors (Lipinski definition) is 2. The molecule has 1 amide bonds. The van der Waals surface area contributed by atoms with Gasteiger partial charge < -0.3 is 19.8 Å². The molecule has 0 saturated carbocycles. The Morgan fingerprint density at radius 3 is 2.71 bits per heavy atom. The molecule has 0 aliphatic heterocycles. The molecule has 9 heteroatoms. The summed E-state index contributed by atoms with van der Waals surface area (Å²) in [6.07, 6.45) is 0. The van der Waals surface area contributed by atoms with Gasteiger partial charge in [0.15, 0.2) is 11.5 Å². The molecular formula is C19H20N4O5. The van der Waals surface area contributed by atoms with E-state index in [1.807, 2.05) is 24.3 Å². The van der Waals surface area contributed by atoms with E-state index >= 15 is 0 Å². The zero-order valence-corrected chi connectivity index (χ0v) is 15.7. The number of hydrogen-bond acceptors (Lipinski definition) is 6. The molecule has 28 heavy (non-hydrogen) atoms. The fourth-order valence-electron chi connectivity index (χ4n) is 2.83. The lowest BCUT2D eigenvalue weighted by atomic mass is 10.1. The zero-order valence-electron chi connectivity index (χ0n) is 15.7. The second-order valence-corrected chi connectivity index (χ2v) is 6.04. The summed E-state index contributed by atoms with van der Waals surface area (Å²) in [6, 6.07) is 9.50. The van der Waals surface area contributed by atoms with Crippen LogP contribution in [-0.2, 0) is 0 Å². The molecule has 0 radical (unpaired) electrons. The van der Waals surface area contributed by atoms with E-state index in [0.29, 0.717) is 12.4 Å². The van der Waals surface area contributed by atoms with Crippen LogP contribution in [0.2, 0.25) is 0 Å². The second kappa shape index (κ2) is 7.95. The topological polar surface area (TPSA) is 119 Å². The van der Waals surface area contributed by atoms with Gasteiger partial charge >= 0.3 is 0 Å². The Balaban J connectivity index is 1.91. The maximum absolute atomic E-state index is 12.8. The summed E-state index contributed by atoms with van der Waals surface area (Å²) in [5.74, 6) is 0.395. The number of H-pyrrole nitrogens is 1. The summed E-state index contributed by atoms with van der Waals surface area (Å²) in [4.78, 5) is 31.2. The van der Waals surface area contributed by atoms with E-state index in [9.17, 15) is 14.9 Å². The Labute approximate surface area is 160 Å². The molecule has 3 rings (SSSR count). The van der Waals surface area contributed by atoms with Crippen LogP contribution in [0.25, 0.3) is 11.0 Å². The third-order valence-corrected chi connectivity index (χ3v) is 4.19. The molecule has 2 aromatic carbocycles. The van der Waals surface area contributed by atoms with Crippen LogP contribution in [0.4, 0.5) is 5.69 Å². The van der Waals surface area contributed by atoms with Gasteiger partial charge in [0.25, 0.3) is 11.6 Å². The molecule has 1 heterocycles. The first kappa shape index (κ1) is 19.2. The molecule has 0 saturated heterocycles. The third-order valence-electron chi connectivity index (χ3n) is 4.19. The number of nitro groups is 1. The maximum atomic E-state index is 12.8. The number of rotatable bonds is 7. The molecule has 1 aromatic heterocycles. The molecule has 0 bridgehead atoms. The first-order valence-corrected chi connectivity index (χ1v) is 8.69.